The number of hydrogen-bond donors (Lipinski definition) is 2. The quantitative estimate of drug-likeness (QED) is 0.746. The summed E-state index contributed by atoms with van der Waals surface area (Å²) in [5.74, 6) is 0.660. The number of aromatic nitrogens is 5. The summed E-state index contributed by atoms with van der Waals surface area (Å²) in [4.78, 5) is 16.2. The van der Waals surface area contributed by atoms with Crippen molar-refractivity contribution in [1.82, 2.24) is 24.5 Å². The summed E-state index contributed by atoms with van der Waals surface area (Å²) in [6, 6.07) is 1.87. The molecule has 0 aromatic carbocycles. The molecule has 21 heavy (non-hydrogen) atoms. The lowest BCUT2D eigenvalue weighted by Gasteiger charge is -2.11. The summed E-state index contributed by atoms with van der Waals surface area (Å²) in [5.41, 5.74) is 0.850. The van der Waals surface area contributed by atoms with E-state index in [0.29, 0.717) is 11.9 Å². The molecular weight excluding hydrogens is 312 g/mol. The molecule has 7 nitrogen and oxygen atoms in total. The van der Waals surface area contributed by atoms with Gasteiger partial charge in [0.05, 0.1) is 6.10 Å². The van der Waals surface area contributed by atoms with Crippen LogP contribution < -0.4 is 5.32 Å². The maximum atomic E-state index is 10.0. The predicted molar refractivity (Wildman–Crippen MR) is 79.7 cm³/mol. The minimum absolute atomic E-state index is 0.0706. The van der Waals surface area contributed by atoms with E-state index in [4.69, 9.17) is 11.6 Å². The van der Waals surface area contributed by atoms with Crippen LogP contribution in [0.1, 0.15) is 11.7 Å². The van der Waals surface area contributed by atoms with Crippen LogP contribution in [0, 0.1) is 0 Å². The molecule has 3 rings (SSSR count). The van der Waals surface area contributed by atoms with Crippen molar-refractivity contribution in [3.8, 4) is 5.95 Å². The van der Waals surface area contributed by atoms with Gasteiger partial charge in [-0.1, -0.05) is 0 Å². The molecule has 0 amide bonds. The zero-order chi connectivity index (χ0) is 14.7. The Kier molecular flexibility index (Phi) is 4.09. The van der Waals surface area contributed by atoms with Crippen LogP contribution in [0.25, 0.3) is 5.95 Å². The van der Waals surface area contributed by atoms with E-state index in [1.54, 1.807) is 23.3 Å². The number of anilines is 1. The van der Waals surface area contributed by atoms with Crippen molar-refractivity contribution in [2.75, 3.05) is 11.9 Å². The second-order valence-corrected chi connectivity index (χ2v) is 5.27. The Morgan fingerprint density at radius 3 is 3.00 bits per heavy atom. The van der Waals surface area contributed by atoms with Crippen LogP contribution >= 0.6 is 22.9 Å². The summed E-state index contributed by atoms with van der Waals surface area (Å²) >= 11 is 7.42. The van der Waals surface area contributed by atoms with Gasteiger partial charge in [0.1, 0.15) is 6.33 Å². The molecule has 0 fully saturated rings. The monoisotopic (exact) mass is 322 g/mol. The lowest BCUT2D eigenvalue weighted by molar-refractivity contribution is 0.192. The largest absolute Gasteiger partial charge is 0.387 e. The maximum absolute atomic E-state index is 10.0. The molecule has 0 aliphatic carbocycles. The third-order valence-electron chi connectivity index (χ3n) is 2.71. The average Bonchev–Trinajstić information content (AvgIpc) is 3.16. The first kappa shape index (κ1) is 13.9. The molecule has 1 atom stereocenters. The van der Waals surface area contributed by atoms with Crippen LogP contribution in [0.2, 0.25) is 5.28 Å². The van der Waals surface area contributed by atoms with E-state index in [1.165, 1.54) is 11.3 Å². The summed E-state index contributed by atoms with van der Waals surface area (Å²) in [6.45, 7) is 0.278. The minimum atomic E-state index is -0.636. The van der Waals surface area contributed by atoms with Crippen molar-refractivity contribution in [2.45, 2.75) is 6.10 Å². The van der Waals surface area contributed by atoms with E-state index in [1.807, 2.05) is 16.8 Å². The van der Waals surface area contributed by atoms with Crippen molar-refractivity contribution in [2.24, 2.45) is 0 Å². The number of nitrogens with zero attached hydrogens (tertiary/aromatic N) is 5. The first-order valence-corrected chi connectivity index (χ1v) is 7.38. The molecule has 0 saturated heterocycles. The first-order valence-electron chi connectivity index (χ1n) is 6.06. The minimum Gasteiger partial charge on any atom is -0.387 e. The molecular formula is C12H11ClN6OS. The molecule has 3 heterocycles. The number of rotatable bonds is 5. The number of halogens is 1. The number of hydrogen-bond acceptors (Lipinski definition) is 7. The molecule has 1 unspecified atom stereocenters. The second kappa shape index (κ2) is 6.17. The zero-order valence-corrected chi connectivity index (χ0v) is 12.3. The van der Waals surface area contributed by atoms with Crippen LogP contribution in [-0.4, -0.2) is 36.2 Å². The van der Waals surface area contributed by atoms with Gasteiger partial charge in [-0.3, -0.25) is 4.57 Å². The van der Waals surface area contributed by atoms with Gasteiger partial charge < -0.3 is 10.4 Å². The Morgan fingerprint density at radius 1 is 1.38 bits per heavy atom. The lowest BCUT2D eigenvalue weighted by atomic mass is 10.2. The third-order valence-corrected chi connectivity index (χ3v) is 3.58. The molecule has 0 spiro atoms. The number of thiophene rings is 1. The highest BCUT2D eigenvalue weighted by Gasteiger charge is 2.10. The van der Waals surface area contributed by atoms with Crippen molar-refractivity contribution in [1.29, 1.82) is 0 Å². The summed E-state index contributed by atoms with van der Waals surface area (Å²) in [7, 11) is 0. The number of nitrogens with one attached hydrogen (secondary N) is 1. The van der Waals surface area contributed by atoms with E-state index in [-0.39, 0.29) is 11.8 Å². The van der Waals surface area contributed by atoms with Gasteiger partial charge in [0, 0.05) is 18.9 Å². The highest BCUT2D eigenvalue weighted by Crippen LogP contribution is 2.17. The van der Waals surface area contributed by atoms with E-state index in [0.717, 1.165) is 5.56 Å². The smallest absolute Gasteiger partial charge is 0.241 e. The number of aliphatic hydroxyl groups excluding tert-OH is 1. The predicted octanol–water partition coefficient (Wildman–Crippen LogP) is 1.92. The van der Waals surface area contributed by atoms with E-state index < -0.39 is 6.10 Å². The Morgan fingerprint density at radius 2 is 2.29 bits per heavy atom. The number of imidazole rings is 1. The topological polar surface area (TPSA) is 88.8 Å². The van der Waals surface area contributed by atoms with Crippen molar-refractivity contribution in [3.63, 3.8) is 0 Å². The Balaban J connectivity index is 1.74. The molecule has 3 aromatic rings. The van der Waals surface area contributed by atoms with Crippen LogP contribution in [0.4, 0.5) is 5.95 Å². The van der Waals surface area contributed by atoms with E-state index >= 15 is 0 Å². The van der Waals surface area contributed by atoms with Gasteiger partial charge in [-0.15, -0.1) is 0 Å². The van der Waals surface area contributed by atoms with Crippen LogP contribution in [0.3, 0.4) is 0 Å². The van der Waals surface area contributed by atoms with E-state index in [9.17, 15) is 5.11 Å². The Hall–Kier alpha value is -2.03. The van der Waals surface area contributed by atoms with Gasteiger partial charge in [-0.05, 0) is 34.0 Å². The molecule has 0 saturated carbocycles. The normalized spacial score (nSPS) is 12.3. The molecule has 2 N–H and O–H groups in total. The van der Waals surface area contributed by atoms with Crippen molar-refractivity contribution in [3.05, 3.63) is 46.4 Å². The molecule has 108 valence electrons. The highest BCUT2D eigenvalue weighted by atomic mass is 35.5. The highest BCUT2D eigenvalue weighted by molar-refractivity contribution is 7.07. The molecule has 0 radical (unpaired) electrons. The molecule has 3 aromatic heterocycles. The summed E-state index contributed by atoms with van der Waals surface area (Å²) in [5, 5.41) is 16.8. The molecule has 0 aliphatic rings. The van der Waals surface area contributed by atoms with E-state index in [2.05, 4.69) is 25.3 Å². The zero-order valence-electron chi connectivity index (χ0n) is 10.7. The van der Waals surface area contributed by atoms with Crippen molar-refractivity contribution < 1.29 is 5.11 Å². The fourth-order valence-electron chi connectivity index (χ4n) is 1.68. The maximum Gasteiger partial charge on any atom is 0.241 e. The van der Waals surface area contributed by atoms with Gasteiger partial charge in [0.15, 0.2) is 0 Å². The molecule has 9 heteroatoms. The van der Waals surface area contributed by atoms with Crippen LogP contribution in [-0.2, 0) is 0 Å². The fraction of sp³-hybridized carbons (Fsp3) is 0.167. The fourth-order valence-corrected chi connectivity index (χ4v) is 2.54. The molecule has 0 bridgehead atoms. The average molecular weight is 323 g/mol. The Bertz CT molecular complexity index is 703. The van der Waals surface area contributed by atoms with Crippen LogP contribution in [0.5, 0.6) is 0 Å². The Labute approximate surface area is 129 Å². The van der Waals surface area contributed by atoms with Gasteiger partial charge in [0.2, 0.25) is 17.2 Å². The number of aliphatic hydroxyl groups is 1. The van der Waals surface area contributed by atoms with Gasteiger partial charge >= 0.3 is 0 Å². The van der Waals surface area contributed by atoms with Gasteiger partial charge in [0.25, 0.3) is 0 Å². The van der Waals surface area contributed by atoms with Gasteiger partial charge in [-0.25, -0.2) is 4.98 Å². The van der Waals surface area contributed by atoms with Gasteiger partial charge in [-0.2, -0.15) is 26.3 Å². The third kappa shape index (κ3) is 3.35. The lowest BCUT2D eigenvalue weighted by Crippen LogP contribution is -2.15. The summed E-state index contributed by atoms with van der Waals surface area (Å²) in [6.07, 6.45) is 4.25. The standard InChI is InChI=1S/C12H11ClN6OS/c13-10-16-11(15-5-9(20)8-1-4-21-6-8)18-12(17-10)19-3-2-14-7-19/h1-4,6-7,9,20H,5H2,(H,15,16,17,18). The second-order valence-electron chi connectivity index (χ2n) is 4.15. The summed E-state index contributed by atoms with van der Waals surface area (Å²) < 4.78 is 1.62. The molecule has 0 aliphatic heterocycles. The first-order chi connectivity index (χ1) is 10.2. The SMILES string of the molecule is OC(CNc1nc(Cl)nc(-n2ccnc2)n1)c1ccsc1. The van der Waals surface area contributed by atoms with Crippen LogP contribution in [0.15, 0.2) is 35.5 Å². The van der Waals surface area contributed by atoms with Crippen molar-refractivity contribution >= 4 is 28.9 Å².